The fourth-order valence-electron chi connectivity index (χ4n) is 0. The Kier molecular flexibility index (Phi) is 565. The maximum Gasteiger partial charge on any atom is 0 e. The van der Waals surface area contributed by atoms with E-state index < -0.39 is 0 Å². The zero-order valence-corrected chi connectivity index (χ0v) is 6.31. The smallest absolute Gasteiger partial charge is 0 e. The van der Waals surface area contributed by atoms with Crippen LogP contribution in [0.3, 0.4) is 0 Å². The molecule has 0 atom stereocenters. The van der Waals surface area contributed by atoms with Crippen LogP contribution >= 0.6 is 0 Å². The minimum atomic E-state index is 0. The van der Waals surface area contributed by atoms with Gasteiger partial charge in [0.15, 0.2) is 0 Å². The van der Waals surface area contributed by atoms with E-state index >= 15 is 0 Å². The Morgan fingerprint density at radius 2 is 1.00 bits per heavy atom. The summed E-state index contributed by atoms with van der Waals surface area (Å²) in [6.07, 6.45) is 0. The molecule has 34 valence electrons. The SMILES string of the molecule is [B].[Cr].[Cu].[Ni].[Si]. The molecule has 0 nitrogen and oxygen atoms in total. The number of hydrogen-bond donors (Lipinski definition) is 0. The average molecular weight is 213 g/mol. The molecule has 8 radical (unpaired) electrons. The van der Waals surface area contributed by atoms with Gasteiger partial charge >= 0.3 is 0 Å². The van der Waals surface area contributed by atoms with Crippen LogP contribution in [-0.4, -0.2) is 19.4 Å². The molecule has 0 aromatic heterocycles. The molecule has 0 aliphatic carbocycles. The molecule has 0 unspecified atom stereocenters. The molecule has 0 bridgehead atoms. The van der Waals surface area contributed by atoms with Gasteiger partial charge in [0.2, 0.25) is 0 Å². The van der Waals surface area contributed by atoms with Gasteiger partial charge in [-0.2, -0.15) is 0 Å². The van der Waals surface area contributed by atoms with Gasteiger partial charge in [-0.15, -0.1) is 0 Å². The minimum absolute atomic E-state index is 0. The minimum Gasteiger partial charge on any atom is 0 e. The predicted molar refractivity (Wildman–Crippen MR) is 11.5 cm³/mol. The average Bonchev–Trinajstić information content (AvgIpc) is 0. The van der Waals surface area contributed by atoms with E-state index in [1.165, 1.54) is 0 Å². The summed E-state index contributed by atoms with van der Waals surface area (Å²) in [5, 5.41) is 0. The van der Waals surface area contributed by atoms with Crippen molar-refractivity contribution in [1.29, 1.82) is 0 Å². The van der Waals surface area contributed by atoms with Gasteiger partial charge < -0.3 is 0 Å². The van der Waals surface area contributed by atoms with Gasteiger partial charge in [0.25, 0.3) is 0 Å². The van der Waals surface area contributed by atoms with E-state index in [4.69, 9.17) is 0 Å². The van der Waals surface area contributed by atoms with E-state index in [1.54, 1.807) is 0 Å². The summed E-state index contributed by atoms with van der Waals surface area (Å²) >= 11 is 0. The molecule has 0 rings (SSSR count). The van der Waals surface area contributed by atoms with Crippen molar-refractivity contribution in [2.45, 2.75) is 0 Å². The van der Waals surface area contributed by atoms with Gasteiger partial charge in [0.1, 0.15) is 0 Å². The van der Waals surface area contributed by atoms with Gasteiger partial charge in [-0.3, -0.25) is 0 Å². The first-order valence-corrected chi connectivity index (χ1v) is 0. The number of hydrogen-bond acceptors (Lipinski definition) is 0. The molecule has 0 saturated heterocycles. The molecule has 0 aromatic rings. The zero-order valence-electron chi connectivity index (χ0n) is 2.10. The Labute approximate surface area is 70.0 Å². The molecule has 0 aliphatic heterocycles. The van der Waals surface area contributed by atoms with Crippen LogP contribution in [0.5, 0.6) is 0 Å². The maximum atomic E-state index is 0. The monoisotopic (exact) mass is 212 g/mol. The molecule has 5 heteroatoms. The Morgan fingerprint density at radius 3 is 1.00 bits per heavy atom. The Balaban J connectivity index is 0. The summed E-state index contributed by atoms with van der Waals surface area (Å²) in [5.74, 6) is 0. The van der Waals surface area contributed by atoms with Crippen molar-refractivity contribution in [3.63, 3.8) is 0 Å². The standard InChI is InChI=1S/B.Cr.Cu.Ni.Si. The third kappa shape index (κ3) is 25.6. The van der Waals surface area contributed by atoms with Gasteiger partial charge in [-0.1, -0.05) is 0 Å². The summed E-state index contributed by atoms with van der Waals surface area (Å²) in [6, 6.07) is 0. The fourth-order valence-corrected chi connectivity index (χ4v) is 0. The second-order valence-corrected chi connectivity index (χ2v) is 0. The van der Waals surface area contributed by atoms with Crippen molar-refractivity contribution in [1.82, 2.24) is 0 Å². The molecular formula is BCrCuNiSi. The normalized spacial score (nSPS) is 0. The van der Waals surface area contributed by atoms with E-state index in [-0.39, 0.29) is 70.3 Å². The van der Waals surface area contributed by atoms with E-state index in [1.807, 2.05) is 0 Å². The van der Waals surface area contributed by atoms with E-state index in [0.29, 0.717) is 0 Å². The number of rotatable bonds is 0. The van der Waals surface area contributed by atoms with Gasteiger partial charge in [0, 0.05) is 70.3 Å². The molecule has 0 spiro atoms. The molecule has 0 aromatic carbocycles. The second-order valence-electron chi connectivity index (χ2n) is 0. The Morgan fingerprint density at radius 1 is 1.00 bits per heavy atom. The van der Waals surface area contributed by atoms with Gasteiger partial charge in [-0.25, -0.2) is 0 Å². The molecule has 0 N–H and O–H groups in total. The maximum absolute atomic E-state index is 0. The van der Waals surface area contributed by atoms with E-state index in [9.17, 15) is 0 Å². The van der Waals surface area contributed by atoms with Crippen molar-refractivity contribution in [2.24, 2.45) is 0 Å². The van der Waals surface area contributed by atoms with E-state index in [0.717, 1.165) is 0 Å². The topological polar surface area (TPSA) is 0 Å². The van der Waals surface area contributed by atoms with Crippen LogP contribution in [0.4, 0.5) is 0 Å². The first-order chi connectivity index (χ1) is 0. The third-order valence-electron chi connectivity index (χ3n) is 0. The Bertz CT molecular complexity index is 11.6. The largest absolute Gasteiger partial charge is 0 e. The molecule has 0 amide bonds. The van der Waals surface area contributed by atoms with Crippen LogP contribution in [0.2, 0.25) is 0 Å². The van der Waals surface area contributed by atoms with Crippen LogP contribution < -0.4 is 0 Å². The molecule has 0 heterocycles. The second kappa shape index (κ2) is 40.7. The van der Waals surface area contributed by atoms with Crippen LogP contribution in [0.25, 0.3) is 0 Å². The third-order valence-corrected chi connectivity index (χ3v) is 0. The summed E-state index contributed by atoms with van der Waals surface area (Å²) in [5.41, 5.74) is 0. The van der Waals surface area contributed by atoms with Crippen molar-refractivity contribution in [2.75, 3.05) is 0 Å². The van der Waals surface area contributed by atoms with Crippen molar-refractivity contribution in [3.8, 4) is 0 Å². The van der Waals surface area contributed by atoms with Gasteiger partial charge in [-0.05, 0) is 0 Å². The summed E-state index contributed by atoms with van der Waals surface area (Å²) in [6.45, 7) is 0. The molecular weight excluding hydrogens is 213 g/mol. The molecule has 0 aliphatic rings. The molecule has 0 fully saturated rings. The van der Waals surface area contributed by atoms with Crippen molar-refractivity contribution in [3.05, 3.63) is 0 Å². The van der Waals surface area contributed by atoms with Crippen LogP contribution in [0, 0.1) is 0 Å². The van der Waals surface area contributed by atoms with Crippen LogP contribution in [-0.2, 0) is 50.9 Å². The van der Waals surface area contributed by atoms with Crippen molar-refractivity contribution >= 4 is 19.4 Å². The Hall–Kier alpha value is 1.83. The van der Waals surface area contributed by atoms with Crippen molar-refractivity contribution < 1.29 is 50.9 Å². The first-order valence-electron chi connectivity index (χ1n) is 0. The zero-order chi connectivity index (χ0) is 0. The predicted octanol–water partition coefficient (Wildman–Crippen LogP) is -0.769. The summed E-state index contributed by atoms with van der Waals surface area (Å²) < 4.78 is 0. The first kappa shape index (κ1) is 69.4. The summed E-state index contributed by atoms with van der Waals surface area (Å²) in [7, 11) is 0. The van der Waals surface area contributed by atoms with Gasteiger partial charge in [0.05, 0.1) is 0 Å². The quantitative estimate of drug-likeness (QED) is 0.464. The van der Waals surface area contributed by atoms with E-state index in [2.05, 4.69) is 0 Å². The summed E-state index contributed by atoms with van der Waals surface area (Å²) in [4.78, 5) is 0. The van der Waals surface area contributed by atoms with Crippen LogP contribution in [0.15, 0.2) is 0 Å². The molecule has 5 heavy (non-hydrogen) atoms. The van der Waals surface area contributed by atoms with Crippen LogP contribution in [0.1, 0.15) is 0 Å². The molecule has 0 saturated carbocycles. The fraction of sp³-hybridized carbons (Fsp3) is 0.